The van der Waals surface area contributed by atoms with E-state index < -0.39 is 0 Å². The molecule has 2 saturated heterocycles. The van der Waals surface area contributed by atoms with Gasteiger partial charge in [0.15, 0.2) is 0 Å². The van der Waals surface area contributed by atoms with Gasteiger partial charge in [0.2, 0.25) is 5.91 Å². The number of hydrogen-bond acceptors (Lipinski definition) is 4. The fourth-order valence-electron chi connectivity index (χ4n) is 4.18. The van der Waals surface area contributed by atoms with E-state index in [1.807, 2.05) is 17.0 Å². The topological polar surface area (TPSA) is 50.8 Å². The van der Waals surface area contributed by atoms with Crippen LogP contribution in [0, 0.1) is 5.41 Å². The molecule has 1 N–H and O–H groups in total. The summed E-state index contributed by atoms with van der Waals surface area (Å²) < 4.78 is 11.3. The third-order valence-electron chi connectivity index (χ3n) is 6.02. The van der Waals surface area contributed by atoms with Crippen LogP contribution in [0.2, 0.25) is 0 Å². The molecule has 2 heterocycles. The van der Waals surface area contributed by atoms with Gasteiger partial charge in [0.25, 0.3) is 0 Å². The van der Waals surface area contributed by atoms with E-state index in [1.165, 1.54) is 0 Å². The lowest BCUT2D eigenvalue weighted by Crippen LogP contribution is -2.51. The van der Waals surface area contributed by atoms with E-state index in [9.17, 15) is 4.79 Å². The van der Waals surface area contributed by atoms with Gasteiger partial charge in [-0.2, -0.15) is 0 Å². The fourth-order valence-corrected chi connectivity index (χ4v) is 4.18. The number of ether oxygens (including phenoxy) is 2. The number of nitrogens with one attached hydrogen (secondary N) is 1. The van der Waals surface area contributed by atoms with Gasteiger partial charge >= 0.3 is 0 Å². The van der Waals surface area contributed by atoms with E-state index in [4.69, 9.17) is 9.47 Å². The van der Waals surface area contributed by atoms with Gasteiger partial charge in [0, 0.05) is 12.0 Å². The van der Waals surface area contributed by atoms with Gasteiger partial charge in [-0.1, -0.05) is 25.1 Å². The summed E-state index contributed by atoms with van der Waals surface area (Å²) in [4.78, 5) is 15.2. The molecular weight excluding hydrogens is 340 g/mol. The van der Waals surface area contributed by atoms with Gasteiger partial charge in [-0.25, -0.2) is 0 Å². The van der Waals surface area contributed by atoms with Crippen LogP contribution in [0.15, 0.2) is 36.4 Å². The van der Waals surface area contributed by atoms with Crippen LogP contribution in [0.25, 0.3) is 10.8 Å². The van der Waals surface area contributed by atoms with Gasteiger partial charge in [0.1, 0.15) is 11.9 Å². The second-order valence-electron chi connectivity index (χ2n) is 7.89. The molecule has 1 amide bonds. The van der Waals surface area contributed by atoms with Crippen molar-refractivity contribution in [3.63, 3.8) is 0 Å². The number of hydrogen-bond donors (Lipinski definition) is 1. The van der Waals surface area contributed by atoms with E-state index in [1.54, 1.807) is 7.11 Å². The van der Waals surface area contributed by atoms with Crippen molar-refractivity contribution < 1.29 is 14.3 Å². The Morgan fingerprint density at radius 2 is 1.93 bits per heavy atom. The molecule has 2 aliphatic rings. The Kier molecular flexibility index (Phi) is 5.06. The Labute approximate surface area is 160 Å². The number of rotatable bonds is 3. The molecule has 5 nitrogen and oxygen atoms in total. The van der Waals surface area contributed by atoms with Gasteiger partial charge in [-0.15, -0.1) is 0 Å². The summed E-state index contributed by atoms with van der Waals surface area (Å²) >= 11 is 0. The minimum absolute atomic E-state index is 0.0699. The van der Waals surface area contributed by atoms with Gasteiger partial charge < -0.3 is 19.7 Å². The van der Waals surface area contributed by atoms with Crippen molar-refractivity contribution in [3.8, 4) is 5.75 Å². The van der Waals surface area contributed by atoms with Crippen molar-refractivity contribution in [3.05, 3.63) is 42.0 Å². The van der Waals surface area contributed by atoms with Crippen molar-refractivity contribution in [1.82, 2.24) is 10.2 Å². The van der Waals surface area contributed by atoms with Gasteiger partial charge in [0.05, 0.1) is 20.3 Å². The zero-order chi connectivity index (χ0) is 18.9. The first-order valence-electron chi connectivity index (χ1n) is 9.78. The highest BCUT2D eigenvalue weighted by atomic mass is 16.5. The quantitative estimate of drug-likeness (QED) is 0.904. The molecule has 0 aliphatic carbocycles. The number of methoxy groups -OCH3 is 1. The second kappa shape index (κ2) is 7.49. The highest BCUT2D eigenvalue weighted by Gasteiger charge is 2.39. The van der Waals surface area contributed by atoms with Crippen LogP contribution in [-0.4, -0.2) is 50.7 Å². The molecule has 0 radical (unpaired) electrons. The first-order valence-corrected chi connectivity index (χ1v) is 9.78. The molecule has 2 fully saturated rings. The van der Waals surface area contributed by atoms with Crippen LogP contribution in [0.5, 0.6) is 5.75 Å². The molecule has 27 heavy (non-hydrogen) atoms. The highest BCUT2D eigenvalue weighted by Crippen LogP contribution is 2.33. The van der Waals surface area contributed by atoms with Crippen molar-refractivity contribution in [2.75, 3.05) is 39.9 Å². The normalized spacial score (nSPS) is 22.6. The summed E-state index contributed by atoms with van der Waals surface area (Å²) in [6.45, 7) is 5.86. The van der Waals surface area contributed by atoms with Crippen LogP contribution >= 0.6 is 0 Å². The standard InChI is InChI=1S/C22H28N2O3/c1-22(7-9-23-10-8-22)21(25)24-11-12-27-20(15-24)18-4-3-17-14-19(26-2)6-5-16(17)13-18/h3-6,13-14,20,23H,7-12,15H2,1-2H3. The minimum Gasteiger partial charge on any atom is -0.497 e. The fraction of sp³-hybridized carbons (Fsp3) is 0.500. The molecule has 0 bridgehead atoms. The summed E-state index contributed by atoms with van der Waals surface area (Å²) in [7, 11) is 1.68. The Bertz CT molecular complexity index is 829. The molecule has 1 atom stereocenters. The molecule has 144 valence electrons. The lowest BCUT2D eigenvalue weighted by molar-refractivity contribution is -0.150. The molecule has 0 aromatic heterocycles. The maximum Gasteiger partial charge on any atom is 0.228 e. The van der Waals surface area contributed by atoms with Crippen molar-refractivity contribution in [1.29, 1.82) is 0 Å². The largest absolute Gasteiger partial charge is 0.497 e. The van der Waals surface area contributed by atoms with Crippen LogP contribution in [0.4, 0.5) is 0 Å². The van der Waals surface area contributed by atoms with Crippen molar-refractivity contribution in [2.24, 2.45) is 5.41 Å². The Balaban J connectivity index is 1.52. The second-order valence-corrected chi connectivity index (χ2v) is 7.89. The number of piperidine rings is 1. The van der Waals surface area contributed by atoms with Crippen LogP contribution in [0.3, 0.4) is 0 Å². The number of benzene rings is 2. The minimum atomic E-state index is -0.243. The SMILES string of the molecule is COc1ccc2cc(C3CN(C(=O)C4(C)CCNCC4)CCO3)ccc2c1. The molecule has 0 spiro atoms. The third-order valence-corrected chi connectivity index (χ3v) is 6.02. The lowest BCUT2D eigenvalue weighted by atomic mass is 9.79. The molecule has 2 aromatic carbocycles. The number of fused-ring (bicyclic) bond motifs is 1. The summed E-state index contributed by atoms with van der Waals surface area (Å²) in [6.07, 6.45) is 1.75. The Hall–Kier alpha value is -2.11. The summed E-state index contributed by atoms with van der Waals surface area (Å²) in [5, 5.41) is 5.65. The molecule has 2 aliphatic heterocycles. The van der Waals surface area contributed by atoms with Crippen molar-refractivity contribution >= 4 is 16.7 Å². The lowest BCUT2D eigenvalue weighted by Gasteiger charge is -2.41. The Morgan fingerprint density at radius 1 is 1.19 bits per heavy atom. The van der Waals surface area contributed by atoms with Crippen LogP contribution in [0.1, 0.15) is 31.4 Å². The number of amides is 1. The zero-order valence-electron chi connectivity index (χ0n) is 16.2. The van der Waals surface area contributed by atoms with Crippen molar-refractivity contribution in [2.45, 2.75) is 25.9 Å². The molecule has 5 heteroatoms. The first kappa shape index (κ1) is 18.3. The van der Waals surface area contributed by atoms with Crippen LogP contribution < -0.4 is 10.1 Å². The molecule has 1 unspecified atom stereocenters. The summed E-state index contributed by atoms with van der Waals surface area (Å²) in [6, 6.07) is 12.5. The summed E-state index contributed by atoms with van der Waals surface area (Å²) in [5.74, 6) is 1.14. The predicted molar refractivity (Wildman–Crippen MR) is 106 cm³/mol. The van der Waals surface area contributed by atoms with Gasteiger partial charge in [-0.3, -0.25) is 4.79 Å². The molecule has 0 saturated carbocycles. The smallest absolute Gasteiger partial charge is 0.228 e. The number of carbonyl (C=O) groups excluding carboxylic acids is 1. The molecular formula is C22H28N2O3. The van der Waals surface area contributed by atoms with E-state index in [0.717, 1.165) is 48.0 Å². The third kappa shape index (κ3) is 3.66. The maximum atomic E-state index is 13.2. The number of nitrogens with zero attached hydrogens (tertiary/aromatic N) is 1. The zero-order valence-corrected chi connectivity index (χ0v) is 16.2. The predicted octanol–water partition coefficient (Wildman–Crippen LogP) is 3.14. The van der Waals surface area contributed by atoms with Gasteiger partial charge in [-0.05, 0) is 60.5 Å². The molecule has 2 aromatic rings. The highest BCUT2D eigenvalue weighted by molar-refractivity contribution is 5.85. The van der Waals surface area contributed by atoms with E-state index in [-0.39, 0.29) is 17.4 Å². The van der Waals surface area contributed by atoms with E-state index >= 15 is 0 Å². The average molecular weight is 368 g/mol. The van der Waals surface area contributed by atoms with E-state index in [2.05, 4.69) is 36.5 Å². The first-order chi connectivity index (χ1) is 13.1. The van der Waals surface area contributed by atoms with Crippen LogP contribution in [-0.2, 0) is 9.53 Å². The summed E-state index contributed by atoms with van der Waals surface area (Å²) in [5.41, 5.74) is 0.883. The Morgan fingerprint density at radius 3 is 2.70 bits per heavy atom. The number of morpholine rings is 1. The average Bonchev–Trinajstić information content (AvgIpc) is 2.73. The van der Waals surface area contributed by atoms with E-state index in [0.29, 0.717) is 19.7 Å². The number of carbonyl (C=O) groups is 1. The monoisotopic (exact) mass is 368 g/mol. The maximum absolute atomic E-state index is 13.2. The molecule has 4 rings (SSSR count).